The number of carbonyl (C=O) groups excluding carboxylic acids is 1. The first-order valence-corrected chi connectivity index (χ1v) is 13.1. The van der Waals surface area contributed by atoms with Crippen LogP contribution < -0.4 is 14.9 Å². The summed E-state index contributed by atoms with van der Waals surface area (Å²) in [6.45, 7) is 1.80. The Morgan fingerprint density at radius 2 is 1.61 bits per heavy atom. The zero-order chi connectivity index (χ0) is 25.0. The van der Waals surface area contributed by atoms with Gasteiger partial charge in [-0.25, -0.2) is 23.1 Å². The molecule has 36 heavy (non-hydrogen) atoms. The van der Waals surface area contributed by atoms with E-state index in [4.69, 9.17) is 0 Å². The van der Waals surface area contributed by atoms with Crippen LogP contribution in [-0.4, -0.2) is 30.8 Å². The SMILES string of the molecule is O=C(Nc1ccc(S(=O)(=O)Nc2ncccn2)cc1)c1ccc(CN2CCCc3ccccc32)cc1. The maximum atomic E-state index is 12.7. The molecule has 3 aromatic carbocycles. The topological polar surface area (TPSA) is 104 Å². The van der Waals surface area contributed by atoms with Crippen molar-refractivity contribution >= 4 is 33.3 Å². The Morgan fingerprint density at radius 3 is 2.36 bits per heavy atom. The van der Waals surface area contributed by atoms with Crippen molar-refractivity contribution in [2.24, 2.45) is 0 Å². The van der Waals surface area contributed by atoms with E-state index in [2.05, 4.69) is 49.2 Å². The van der Waals surface area contributed by atoms with Gasteiger partial charge in [0, 0.05) is 42.4 Å². The van der Waals surface area contributed by atoms with Gasteiger partial charge in [0.15, 0.2) is 0 Å². The van der Waals surface area contributed by atoms with Crippen LogP contribution in [0, 0.1) is 0 Å². The Morgan fingerprint density at radius 1 is 0.889 bits per heavy atom. The molecule has 0 fully saturated rings. The minimum absolute atomic E-state index is 0.0113. The van der Waals surface area contributed by atoms with Gasteiger partial charge in [0.2, 0.25) is 5.95 Å². The van der Waals surface area contributed by atoms with Gasteiger partial charge in [-0.1, -0.05) is 30.3 Å². The van der Waals surface area contributed by atoms with E-state index in [-0.39, 0.29) is 16.8 Å². The first-order valence-electron chi connectivity index (χ1n) is 11.6. The minimum atomic E-state index is -3.84. The van der Waals surface area contributed by atoms with Crippen molar-refractivity contribution in [2.75, 3.05) is 21.5 Å². The summed E-state index contributed by atoms with van der Waals surface area (Å²) in [5.41, 5.74) is 4.80. The second-order valence-electron chi connectivity index (χ2n) is 8.51. The van der Waals surface area contributed by atoms with Crippen LogP contribution in [0.5, 0.6) is 0 Å². The molecule has 9 heteroatoms. The van der Waals surface area contributed by atoms with Crippen LogP contribution >= 0.6 is 0 Å². The predicted molar refractivity (Wildman–Crippen MR) is 139 cm³/mol. The Hall–Kier alpha value is -4.24. The maximum absolute atomic E-state index is 12.7. The molecule has 1 amide bonds. The molecule has 8 nitrogen and oxygen atoms in total. The largest absolute Gasteiger partial charge is 0.367 e. The molecule has 0 saturated carbocycles. The third-order valence-corrected chi connectivity index (χ3v) is 7.35. The zero-order valence-electron chi connectivity index (χ0n) is 19.5. The van der Waals surface area contributed by atoms with Crippen LogP contribution in [0.3, 0.4) is 0 Å². The summed E-state index contributed by atoms with van der Waals surface area (Å²) < 4.78 is 27.4. The van der Waals surface area contributed by atoms with Crippen molar-refractivity contribution < 1.29 is 13.2 Å². The molecule has 0 aliphatic carbocycles. The molecular weight excluding hydrogens is 474 g/mol. The maximum Gasteiger partial charge on any atom is 0.264 e. The average molecular weight is 500 g/mol. The summed E-state index contributed by atoms with van der Waals surface area (Å²) in [6.07, 6.45) is 5.13. The van der Waals surface area contributed by atoms with Gasteiger partial charge in [0.25, 0.3) is 15.9 Å². The standard InChI is InChI=1S/C27H25N5O3S/c33-26(30-23-12-14-24(15-13-23)36(34,35)31-27-28-16-4-17-29-27)22-10-8-20(9-11-22)19-32-18-3-6-21-5-1-2-7-25(21)32/h1-2,4-5,7-17H,3,6,18-19H2,(H,30,33)(H,28,29,31). The van der Waals surface area contributed by atoms with Crippen molar-refractivity contribution in [3.8, 4) is 0 Å². The number of hydrogen-bond acceptors (Lipinski definition) is 6. The quantitative estimate of drug-likeness (QED) is 0.389. The molecule has 5 rings (SSSR count). The van der Waals surface area contributed by atoms with Crippen molar-refractivity contribution in [3.63, 3.8) is 0 Å². The van der Waals surface area contributed by atoms with Crippen molar-refractivity contribution in [3.05, 3.63) is 108 Å². The van der Waals surface area contributed by atoms with Gasteiger partial charge in [0.1, 0.15) is 0 Å². The lowest BCUT2D eigenvalue weighted by Gasteiger charge is -2.31. The summed E-state index contributed by atoms with van der Waals surface area (Å²) in [4.78, 5) is 22.9. The van der Waals surface area contributed by atoms with Crippen LogP contribution in [0.1, 0.15) is 27.9 Å². The number of nitrogens with zero attached hydrogens (tertiary/aromatic N) is 3. The number of rotatable bonds is 7. The third kappa shape index (κ3) is 5.36. The van der Waals surface area contributed by atoms with E-state index in [1.807, 2.05) is 24.3 Å². The highest BCUT2D eigenvalue weighted by molar-refractivity contribution is 7.92. The Labute approximate surface area is 210 Å². The van der Waals surface area contributed by atoms with Crippen molar-refractivity contribution in [1.82, 2.24) is 9.97 Å². The predicted octanol–water partition coefficient (Wildman–Crippen LogP) is 4.48. The highest BCUT2D eigenvalue weighted by Crippen LogP contribution is 2.28. The molecule has 1 aliphatic heterocycles. The fraction of sp³-hybridized carbons (Fsp3) is 0.148. The molecular formula is C27H25N5O3S. The smallest absolute Gasteiger partial charge is 0.264 e. The number of benzene rings is 3. The van der Waals surface area contributed by atoms with Gasteiger partial charge >= 0.3 is 0 Å². The zero-order valence-corrected chi connectivity index (χ0v) is 20.3. The molecule has 1 aromatic heterocycles. The number of para-hydroxylation sites is 1. The lowest BCUT2D eigenvalue weighted by Crippen LogP contribution is -2.28. The second kappa shape index (κ2) is 10.2. The summed E-state index contributed by atoms with van der Waals surface area (Å²) in [7, 11) is -3.84. The van der Waals surface area contributed by atoms with E-state index in [0.29, 0.717) is 11.3 Å². The van der Waals surface area contributed by atoms with E-state index in [9.17, 15) is 13.2 Å². The van der Waals surface area contributed by atoms with Crippen molar-refractivity contribution in [1.29, 1.82) is 0 Å². The number of hydrogen-bond donors (Lipinski definition) is 2. The first-order chi connectivity index (χ1) is 17.5. The highest BCUT2D eigenvalue weighted by Gasteiger charge is 2.17. The van der Waals surface area contributed by atoms with Gasteiger partial charge < -0.3 is 10.2 Å². The van der Waals surface area contributed by atoms with Crippen LogP contribution in [0.4, 0.5) is 17.3 Å². The summed E-state index contributed by atoms with van der Waals surface area (Å²) in [5.74, 6) is -0.279. The van der Waals surface area contributed by atoms with Crippen LogP contribution in [-0.2, 0) is 23.0 Å². The molecule has 1 aliphatic rings. The number of carbonyl (C=O) groups is 1. The summed E-state index contributed by atoms with van der Waals surface area (Å²) in [5, 5.41) is 2.81. The van der Waals surface area contributed by atoms with Gasteiger partial charge in [-0.2, -0.15) is 0 Å². The summed E-state index contributed by atoms with van der Waals surface area (Å²) >= 11 is 0. The number of nitrogens with one attached hydrogen (secondary N) is 2. The molecule has 4 aromatic rings. The van der Waals surface area contributed by atoms with Gasteiger partial charge in [-0.3, -0.25) is 4.79 Å². The number of aromatic nitrogens is 2. The van der Waals surface area contributed by atoms with E-state index in [0.717, 1.165) is 31.5 Å². The fourth-order valence-corrected chi connectivity index (χ4v) is 5.17. The van der Waals surface area contributed by atoms with Crippen LogP contribution in [0.15, 0.2) is 96.2 Å². The number of sulfonamides is 1. The Bertz CT molecular complexity index is 1460. The molecule has 0 unspecified atom stereocenters. The van der Waals surface area contributed by atoms with Crippen LogP contribution in [0.25, 0.3) is 0 Å². The van der Waals surface area contributed by atoms with Gasteiger partial charge in [0.05, 0.1) is 4.90 Å². The van der Waals surface area contributed by atoms with Crippen molar-refractivity contribution in [2.45, 2.75) is 24.3 Å². The molecule has 2 heterocycles. The minimum Gasteiger partial charge on any atom is -0.367 e. The average Bonchev–Trinajstić information content (AvgIpc) is 2.90. The lowest BCUT2D eigenvalue weighted by molar-refractivity contribution is 0.102. The number of aryl methyl sites for hydroxylation is 1. The van der Waals surface area contributed by atoms with Crippen LogP contribution in [0.2, 0.25) is 0 Å². The Kier molecular flexibility index (Phi) is 6.64. The molecule has 0 bridgehead atoms. The highest BCUT2D eigenvalue weighted by atomic mass is 32.2. The van der Waals surface area contributed by atoms with E-state index < -0.39 is 10.0 Å². The molecule has 182 valence electrons. The number of anilines is 3. The van der Waals surface area contributed by atoms with E-state index in [1.165, 1.54) is 35.8 Å². The molecule has 0 saturated heterocycles. The molecule has 0 spiro atoms. The fourth-order valence-electron chi connectivity index (χ4n) is 4.21. The monoisotopic (exact) mass is 499 g/mol. The number of fused-ring (bicyclic) bond motifs is 1. The number of amides is 1. The van der Waals surface area contributed by atoms with E-state index >= 15 is 0 Å². The lowest BCUT2D eigenvalue weighted by atomic mass is 10.0. The molecule has 2 N–H and O–H groups in total. The van der Waals surface area contributed by atoms with Gasteiger partial charge in [-0.15, -0.1) is 0 Å². The third-order valence-electron chi connectivity index (χ3n) is 6.01. The first kappa shape index (κ1) is 23.5. The normalized spacial score (nSPS) is 13.1. The Balaban J connectivity index is 1.21. The van der Waals surface area contributed by atoms with Gasteiger partial charge in [-0.05, 0) is 72.5 Å². The molecule has 0 atom stereocenters. The summed E-state index contributed by atoms with van der Waals surface area (Å²) in [6, 6.07) is 23.6. The van der Waals surface area contributed by atoms with E-state index in [1.54, 1.807) is 18.2 Å². The molecule has 0 radical (unpaired) electrons. The second-order valence-corrected chi connectivity index (χ2v) is 10.2.